The Bertz CT molecular complexity index is 676. The van der Waals surface area contributed by atoms with E-state index in [-0.39, 0.29) is 23.8 Å². The summed E-state index contributed by atoms with van der Waals surface area (Å²) in [5.41, 5.74) is 0.450. The Morgan fingerprint density at radius 3 is 2.76 bits per heavy atom. The minimum atomic E-state index is -0.689. The number of carbonyl (C=O) groups excluding carboxylic acids is 1. The van der Waals surface area contributed by atoms with E-state index >= 15 is 0 Å². The molecule has 6 heteroatoms. The first kappa shape index (κ1) is 15.9. The van der Waals surface area contributed by atoms with Crippen LogP contribution >= 0.6 is 27.5 Å². The molecule has 2 aromatic rings. The molecule has 0 aliphatic rings. The van der Waals surface area contributed by atoms with Gasteiger partial charge in [0.2, 0.25) is 5.78 Å². The normalized spacial score (nSPS) is 10.5. The fourth-order valence-corrected chi connectivity index (χ4v) is 2.45. The summed E-state index contributed by atoms with van der Waals surface area (Å²) >= 11 is 8.92. The zero-order valence-corrected chi connectivity index (χ0v) is 13.1. The van der Waals surface area contributed by atoms with Crippen LogP contribution in [0.1, 0.15) is 15.9 Å². The van der Waals surface area contributed by atoms with Gasteiger partial charge in [0.1, 0.15) is 11.6 Å². The fourth-order valence-electron chi connectivity index (χ4n) is 1.77. The summed E-state index contributed by atoms with van der Waals surface area (Å²) in [4.78, 5) is 12.0. The predicted molar refractivity (Wildman–Crippen MR) is 81.3 cm³/mol. The van der Waals surface area contributed by atoms with Crippen LogP contribution in [0.5, 0.6) is 5.75 Å². The number of hydrogen-bond donors (Lipinski definition) is 1. The molecule has 0 saturated carbocycles. The van der Waals surface area contributed by atoms with Gasteiger partial charge >= 0.3 is 0 Å². The average Bonchev–Trinajstić information content (AvgIpc) is 2.45. The van der Waals surface area contributed by atoms with Gasteiger partial charge in [0, 0.05) is 10.6 Å². The molecule has 0 atom stereocenters. The van der Waals surface area contributed by atoms with Crippen molar-refractivity contribution in [3.8, 4) is 5.75 Å². The Kier molecular flexibility index (Phi) is 5.33. The van der Waals surface area contributed by atoms with Gasteiger partial charge in [0.15, 0.2) is 6.61 Å². The van der Waals surface area contributed by atoms with Gasteiger partial charge in [-0.05, 0) is 40.2 Å². The molecule has 0 heterocycles. The topological polar surface area (TPSA) is 46.5 Å². The van der Waals surface area contributed by atoms with Crippen LogP contribution in [-0.4, -0.2) is 17.5 Å². The van der Waals surface area contributed by atoms with Crippen LogP contribution in [-0.2, 0) is 6.61 Å². The molecule has 0 amide bonds. The van der Waals surface area contributed by atoms with Crippen LogP contribution in [0, 0.1) is 5.82 Å². The van der Waals surface area contributed by atoms with Crippen LogP contribution < -0.4 is 4.74 Å². The van der Waals surface area contributed by atoms with E-state index in [1.807, 2.05) is 0 Å². The van der Waals surface area contributed by atoms with Crippen molar-refractivity contribution in [2.45, 2.75) is 6.61 Å². The van der Waals surface area contributed by atoms with Gasteiger partial charge in [0.05, 0.1) is 16.6 Å². The standard InChI is InChI=1S/C15H11BrClFO3/c16-12-3-1-2-9(7-19)15(12)21-8-14(20)11-5-4-10(17)6-13(11)18/h1-6,19H,7-8H2. The number of ether oxygens (including phenoxy) is 1. The van der Waals surface area contributed by atoms with Crippen molar-refractivity contribution in [1.82, 2.24) is 0 Å². The third-order valence-electron chi connectivity index (χ3n) is 2.80. The smallest absolute Gasteiger partial charge is 0.203 e. The lowest BCUT2D eigenvalue weighted by Gasteiger charge is -2.11. The molecule has 0 unspecified atom stereocenters. The summed E-state index contributed by atoms with van der Waals surface area (Å²) in [6.45, 7) is -0.563. The van der Waals surface area contributed by atoms with Crippen molar-refractivity contribution in [3.63, 3.8) is 0 Å². The molecule has 0 aliphatic heterocycles. The Balaban J connectivity index is 2.15. The average molecular weight is 374 g/mol. The highest BCUT2D eigenvalue weighted by Gasteiger charge is 2.15. The quantitative estimate of drug-likeness (QED) is 0.806. The molecule has 0 bridgehead atoms. The van der Waals surface area contributed by atoms with Gasteiger partial charge < -0.3 is 9.84 Å². The maximum Gasteiger partial charge on any atom is 0.203 e. The molecule has 110 valence electrons. The van der Waals surface area contributed by atoms with Crippen molar-refractivity contribution in [2.75, 3.05) is 6.61 Å². The number of benzene rings is 2. The number of aliphatic hydroxyl groups is 1. The van der Waals surface area contributed by atoms with E-state index in [0.717, 1.165) is 6.07 Å². The van der Waals surface area contributed by atoms with Crippen molar-refractivity contribution in [1.29, 1.82) is 0 Å². The first-order valence-corrected chi connectivity index (χ1v) is 7.19. The number of para-hydroxylation sites is 1. The summed E-state index contributed by atoms with van der Waals surface area (Å²) in [7, 11) is 0. The van der Waals surface area contributed by atoms with Crippen molar-refractivity contribution in [2.24, 2.45) is 0 Å². The van der Waals surface area contributed by atoms with E-state index in [1.165, 1.54) is 12.1 Å². The molecule has 0 fully saturated rings. The molecular formula is C15H11BrClFO3. The molecule has 0 spiro atoms. The number of aliphatic hydroxyl groups excluding tert-OH is 1. The van der Waals surface area contributed by atoms with Gasteiger partial charge in [-0.25, -0.2) is 4.39 Å². The molecule has 0 saturated heterocycles. The first-order chi connectivity index (χ1) is 10.0. The number of Topliss-reactive ketones (excluding diaryl/α,β-unsaturated/α-hetero) is 1. The highest BCUT2D eigenvalue weighted by molar-refractivity contribution is 9.10. The third kappa shape index (κ3) is 3.81. The first-order valence-electron chi connectivity index (χ1n) is 6.02. The maximum absolute atomic E-state index is 13.6. The lowest BCUT2D eigenvalue weighted by Crippen LogP contribution is -2.14. The van der Waals surface area contributed by atoms with E-state index in [1.54, 1.807) is 18.2 Å². The van der Waals surface area contributed by atoms with Crippen molar-refractivity contribution >= 4 is 33.3 Å². The van der Waals surface area contributed by atoms with E-state index < -0.39 is 11.6 Å². The monoisotopic (exact) mass is 372 g/mol. The summed E-state index contributed by atoms with van der Waals surface area (Å²) < 4.78 is 19.7. The molecule has 1 N–H and O–H groups in total. The molecule has 0 radical (unpaired) electrons. The second kappa shape index (κ2) is 7.02. The molecule has 2 aromatic carbocycles. The van der Waals surface area contributed by atoms with Gasteiger partial charge in [-0.2, -0.15) is 0 Å². The van der Waals surface area contributed by atoms with Gasteiger partial charge in [-0.15, -0.1) is 0 Å². The number of ketones is 1. The van der Waals surface area contributed by atoms with E-state index in [2.05, 4.69) is 15.9 Å². The Morgan fingerprint density at radius 2 is 2.10 bits per heavy atom. The van der Waals surface area contributed by atoms with Crippen LogP contribution in [0.2, 0.25) is 5.02 Å². The van der Waals surface area contributed by atoms with Gasteiger partial charge in [0.25, 0.3) is 0 Å². The Hall–Kier alpha value is -1.43. The molecule has 0 aromatic heterocycles. The van der Waals surface area contributed by atoms with Crippen LogP contribution in [0.25, 0.3) is 0 Å². The lowest BCUT2D eigenvalue weighted by molar-refractivity contribution is 0.0915. The van der Waals surface area contributed by atoms with Crippen LogP contribution in [0.15, 0.2) is 40.9 Å². The molecule has 3 nitrogen and oxygen atoms in total. The largest absolute Gasteiger partial charge is 0.484 e. The predicted octanol–water partition coefficient (Wildman–Crippen LogP) is 4.00. The Morgan fingerprint density at radius 1 is 1.33 bits per heavy atom. The maximum atomic E-state index is 13.6. The second-order valence-electron chi connectivity index (χ2n) is 4.22. The Labute approximate surface area is 134 Å². The van der Waals surface area contributed by atoms with Gasteiger partial charge in [-0.1, -0.05) is 23.7 Å². The van der Waals surface area contributed by atoms with E-state index in [0.29, 0.717) is 15.8 Å². The third-order valence-corrected chi connectivity index (χ3v) is 3.66. The number of carbonyl (C=O) groups is 1. The van der Waals surface area contributed by atoms with Crippen molar-refractivity contribution < 1.29 is 19.0 Å². The second-order valence-corrected chi connectivity index (χ2v) is 5.51. The molecule has 2 rings (SSSR count). The number of rotatable bonds is 5. The van der Waals surface area contributed by atoms with E-state index in [4.69, 9.17) is 16.3 Å². The highest BCUT2D eigenvalue weighted by Crippen LogP contribution is 2.29. The van der Waals surface area contributed by atoms with E-state index in [9.17, 15) is 14.3 Å². The highest BCUT2D eigenvalue weighted by atomic mass is 79.9. The number of hydrogen-bond acceptors (Lipinski definition) is 3. The summed E-state index contributed by atoms with van der Waals surface area (Å²) in [5.74, 6) is -0.836. The van der Waals surface area contributed by atoms with Crippen LogP contribution in [0.4, 0.5) is 4.39 Å². The van der Waals surface area contributed by atoms with Crippen molar-refractivity contribution in [3.05, 3.63) is 62.8 Å². The zero-order chi connectivity index (χ0) is 15.4. The number of halogens is 3. The molecular weight excluding hydrogens is 363 g/mol. The summed E-state index contributed by atoms with van der Waals surface area (Å²) in [6.07, 6.45) is 0. The summed E-state index contributed by atoms with van der Waals surface area (Å²) in [6, 6.07) is 8.97. The van der Waals surface area contributed by atoms with Crippen LogP contribution in [0.3, 0.4) is 0 Å². The molecule has 21 heavy (non-hydrogen) atoms. The molecule has 0 aliphatic carbocycles. The fraction of sp³-hybridized carbons (Fsp3) is 0.133. The minimum Gasteiger partial charge on any atom is -0.484 e. The van der Waals surface area contributed by atoms with Gasteiger partial charge in [-0.3, -0.25) is 4.79 Å². The summed E-state index contributed by atoms with van der Waals surface area (Å²) in [5, 5.41) is 9.46. The minimum absolute atomic E-state index is 0.0861. The lowest BCUT2D eigenvalue weighted by atomic mass is 10.1. The SMILES string of the molecule is O=C(COc1c(Br)cccc1CO)c1ccc(Cl)cc1F. The zero-order valence-electron chi connectivity index (χ0n) is 10.8.